The van der Waals surface area contributed by atoms with Gasteiger partial charge in [-0.15, -0.1) is 0 Å². The first-order chi connectivity index (χ1) is 8.61. The van der Waals surface area contributed by atoms with E-state index in [0.29, 0.717) is 11.4 Å². The maximum atomic E-state index is 11.4. The van der Waals surface area contributed by atoms with Gasteiger partial charge in [0.15, 0.2) is 0 Å². The molecule has 6 heteroatoms. The van der Waals surface area contributed by atoms with E-state index in [1.54, 1.807) is 17.0 Å². The summed E-state index contributed by atoms with van der Waals surface area (Å²) in [6, 6.07) is 3.32. The van der Waals surface area contributed by atoms with Crippen LogP contribution in [0.5, 0.6) is 0 Å². The second-order valence-corrected chi connectivity index (χ2v) is 4.15. The van der Waals surface area contributed by atoms with Crippen LogP contribution in [0.25, 0.3) is 0 Å². The summed E-state index contributed by atoms with van der Waals surface area (Å²) in [5, 5.41) is 8.89. The highest BCUT2D eigenvalue weighted by atomic mass is 16.5. The Kier molecular flexibility index (Phi) is 3.45. The van der Waals surface area contributed by atoms with Crippen molar-refractivity contribution < 1.29 is 19.4 Å². The average Bonchev–Trinajstić information content (AvgIpc) is 3.19. The van der Waals surface area contributed by atoms with Crippen LogP contribution >= 0.6 is 0 Å². The zero-order valence-electron chi connectivity index (χ0n) is 10.00. The summed E-state index contributed by atoms with van der Waals surface area (Å²) in [5.74, 6) is -0.861. The summed E-state index contributed by atoms with van der Waals surface area (Å²) in [6.45, 7) is -0.109. The van der Waals surface area contributed by atoms with Gasteiger partial charge < -0.3 is 14.7 Å². The average molecular weight is 250 g/mol. The Labute approximate surface area is 104 Å². The van der Waals surface area contributed by atoms with Crippen LogP contribution in [0.4, 0.5) is 5.82 Å². The lowest BCUT2D eigenvalue weighted by molar-refractivity contribution is -0.135. The first-order valence-corrected chi connectivity index (χ1v) is 5.64. The third-order valence-electron chi connectivity index (χ3n) is 2.75. The summed E-state index contributed by atoms with van der Waals surface area (Å²) in [4.78, 5) is 28.1. The fourth-order valence-corrected chi connectivity index (χ4v) is 1.75. The SMILES string of the molecule is COC(=O)c1ccnc(N(CC(=O)O)C2CC2)c1. The van der Waals surface area contributed by atoms with Crippen molar-refractivity contribution in [3.63, 3.8) is 0 Å². The number of carboxylic acids is 1. The molecule has 1 fully saturated rings. The number of hydrogen-bond donors (Lipinski definition) is 1. The van der Waals surface area contributed by atoms with Crippen LogP contribution in [-0.4, -0.2) is 41.7 Å². The minimum absolute atomic E-state index is 0.109. The standard InChI is InChI=1S/C12H14N2O4/c1-18-12(17)8-4-5-13-10(6-8)14(7-11(15)16)9-2-3-9/h4-6,9H,2-3,7H2,1H3,(H,15,16). The first-order valence-electron chi connectivity index (χ1n) is 5.64. The number of carbonyl (C=O) groups excluding carboxylic acids is 1. The predicted octanol–water partition coefficient (Wildman–Crippen LogP) is 0.922. The molecule has 0 radical (unpaired) electrons. The summed E-state index contributed by atoms with van der Waals surface area (Å²) in [5.41, 5.74) is 0.374. The molecule has 0 atom stereocenters. The van der Waals surface area contributed by atoms with Gasteiger partial charge in [-0.25, -0.2) is 9.78 Å². The largest absolute Gasteiger partial charge is 0.480 e. The molecule has 0 amide bonds. The van der Waals surface area contributed by atoms with Gasteiger partial charge in [-0.2, -0.15) is 0 Å². The maximum Gasteiger partial charge on any atom is 0.338 e. The molecule has 1 aromatic heterocycles. The first kappa shape index (κ1) is 12.3. The van der Waals surface area contributed by atoms with Crippen molar-refractivity contribution in [3.8, 4) is 0 Å². The minimum atomic E-state index is -0.910. The summed E-state index contributed by atoms with van der Waals surface area (Å²) >= 11 is 0. The molecule has 18 heavy (non-hydrogen) atoms. The number of methoxy groups -OCH3 is 1. The van der Waals surface area contributed by atoms with Crippen LogP contribution in [0, 0.1) is 0 Å². The van der Waals surface area contributed by atoms with E-state index in [2.05, 4.69) is 9.72 Å². The molecule has 1 saturated carbocycles. The lowest BCUT2D eigenvalue weighted by atomic mass is 10.2. The molecule has 2 rings (SSSR count). The number of aliphatic carboxylic acids is 1. The number of pyridine rings is 1. The number of aromatic nitrogens is 1. The number of anilines is 1. The van der Waals surface area contributed by atoms with E-state index < -0.39 is 11.9 Å². The molecule has 1 aliphatic rings. The van der Waals surface area contributed by atoms with Gasteiger partial charge in [-0.3, -0.25) is 4.79 Å². The highest BCUT2D eigenvalue weighted by Crippen LogP contribution is 2.30. The van der Waals surface area contributed by atoms with Crippen LogP contribution in [-0.2, 0) is 9.53 Å². The van der Waals surface area contributed by atoms with Gasteiger partial charge >= 0.3 is 11.9 Å². The van der Waals surface area contributed by atoms with Crippen molar-refractivity contribution in [1.82, 2.24) is 4.98 Å². The molecule has 0 bridgehead atoms. The normalized spacial score (nSPS) is 14.1. The summed E-state index contributed by atoms with van der Waals surface area (Å²) in [6.07, 6.45) is 3.40. The van der Waals surface area contributed by atoms with E-state index in [9.17, 15) is 9.59 Å². The van der Waals surface area contributed by atoms with Crippen molar-refractivity contribution in [2.24, 2.45) is 0 Å². The van der Waals surface area contributed by atoms with Crippen molar-refractivity contribution in [1.29, 1.82) is 0 Å². The maximum absolute atomic E-state index is 11.4. The van der Waals surface area contributed by atoms with Crippen molar-refractivity contribution in [2.75, 3.05) is 18.6 Å². The highest BCUT2D eigenvalue weighted by molar-refractivity contribution is 5.90. The Balaban J connectivity index is 2.24. The lowest BCUT2D eigenvalue weighted by Crippen LogP contribution is -2.32. The van der Waals surface area contributed by atoms with E-state index in [1.807, 2.05) is 0 Å². The predicted molar refractivity (Wildman–Crippen MR) is 63.6 cm³/mol. The summed E-state index contributed by atoms with van der Waals surface area (Å²) in [7, 11) is 1.30. The van der Waals surface area contributed by atoms with Crippen LogP contribution < -0.4 is 4.90 Å². The van der Waals surface area contributed by atoms with E-state index in [-0.39, 0.29) is 12.6 Å². The van der Waals surface area contributed by atoms with Gasteiger partial charge in [0.25, 0.3) is 0 Å². The monoisotopic (exact) mass is 250 g/mol. The number of esters is 1. The zero-order valence-corrected chi connectivity index (χ0v) is 10.00. The number of rotatable bonds is 5. The Morgan fingerprint density at radius 3 is 2.83 bits per heavy atom. The van der Waals surface area contributed by atoms with Crippen LogP contribution in [0.1, 0.15) is 23.2 Å². The second-order valence-electron chi connectivity index (χ2n) is 4.15. The molecule has 0 spiro atoms. The second kappa shape index (κ2) is 5.03. The van der Waals surface area contributed by atoms with Crippen LogP contribution in [0.15, 0.2) is 18.3 Å². The lowest BCUT2D eigenvalue weighted by Gasteiger charge is -2.21. The third kappa shape index (κ3) is 2.77. The zero-order chi connectivity index (χ0) is 13.1. The molecule has 0 aromatic carbocycles. The molecule has 1 heterocycles. The Morgan fingerprint density at radius 1 is 1.56 bits per heavy atom. The molecule has 1 aromatic rings. The molecule has 0 saturated heterocycles. The highest BCUT2D eigenvalue weighted by Gasteiger charge is 2.31. The Hall–Kier alpha value is -2.11. The van der Waals surface area contributed by atoms with Crippen molar-refractivity contribution in [3.05, 3.63) is 23.9 Å². The van der Waals surface area contributed by atoms with Gasteiger partial charge in [0, 0.05) is 12.2 Å². The topological polar surface area (TPSA) is 79.7 Å². The molecule has 0 unspecified atom stereocenters. The smallest absolute Gasteiger partial charge is 0.338 e. The summed E-state index contributed by atoms with van der Waals surface area (Å²) < 4.78 is 4.63. The van der Waals surface area contributed by atoms with Crippen LogP contribution in [0.2, 0.25) is 0 Å². The number of nitrogens with zero attached hydrogens (tertiary/aromatic N) is 2. The quantitative estimate of drug-likeness (QED) is 0.783. The van der Waals surface area contributed by atoms with Gasteiger partial charge in [0.1, 0.15) is 12.4 Å². The molecule has 1 aliphatic carbocycles. The van der Waals surface area contributed by atoms with E-state index in [0.717, 1.165) is 12.8 Å². The number of ether oxygens (including phenoxy) is 1. The molecular weight excluding hydrogens is 236 g/mol. The van der Waals surface area contributed by atoms with Gasteiger partial charge in [-0.05, 0) is 25.0 Å². The number of carboxylic acid groups (broad SMARTS) is 1. The molecule has 1 N–H and O–H groups in total. The van der Waals surface area contributed by atoms with Gasteiger partial charge in [0.2, 0.25) is 0 Å². The molecule has 96 valence electrons. The molecular formula is C12H14N2O4. The van der Waals surface area contributed by atoms with Gasteiger partial charge in [-0.1, -0.05) is 0 Å². The Morgan fingerprint density at radius 2 is 2.28 bits per heavy atom. The minimum Gasteiger partial charge on any atom is -0.480 e. The van der Waals surface area contributed by atoms with Crippen molar-refractivity contribution >= 4 is 17.8 Å². The fraction of sp³-hybridized carbons (Fsp3) is 0.417. The molecule has 0 aliphatic heterocycles. The van der Waals surface area contributed by atoms with Crippen molar-refractivity contribution in [2.45, 2.75) is 18.9 Å². The van der Waals surface area contributed by atoms with E-state index in [4.69, 9.17) is 5.11 Å². The van der Waals surface area contributed by atoms with E-state index in [1.165, 1.54) is 13.3 Å². The van der Waals surface area contributed by atoms with Gasteiger partial charge in [0.05, 0.1) is 12.7 Å². The third-order valence-corrected chi connectivity index (χ3v) is 2.75. The van der Waals surface area contributed by atoms with Crippen LogP contribution in [0.3, 0.4) is 0 Å². The fourth-order valence-electron chi connectivity index (χ4n) is 1.75. The number of carbonyl (C=O) groups is 2. The Bertz CT molecular complexity index is 471. The van der Waals surface area contributed by atoms with E-state index >= 15 is 0 Å². The number of hydrogen-bond acceptors (Lipinski definition) is 5. The molecule has 6 nitrogen and oxygen atoms in total.